The molecule has 0 radical (unpaired) electrons. The number of carbonyl (C=O) groups is 1. The Morgan fingerprint density at radius 3 is 2.40 bits per heavy atom. The van der Waals surface area contributed by atoms with Gasteiger partial charge in [0.05, 0.1) is 18.7 Å². The van der Waals surface area contributed by atoms with Crippen LogP contribution in [-0.4, -0.2) is 23.6 Å². The summed E-state index contributed by atoms with van der Waals surface area (Å²) in [5, 5.41) is 8.96. The predicted octanol–water partition coefficient (Wildman–Crippen LogP) is 1.90. The van der Waals surface area contributed by atoms with Crippen LogP contribution in [0.1, 0.15) is 25.0 Å². The Labute approximate surface area is 115 Å². The highest BCUT2D eigenvalue weighted by molar-refractivity contribution is 5.80. The van der Waals surface area contributed by atoms with E-state index in [4.69, 9.17) is 10.8 Å². The van der Waals surface area contributed by atoms with Crippen molar-refractivity contribution in [2.45, 2.75) is 32.7 Å². The minimum Gasteiger partial charge on any atom is -0.392 e. The van der Waals surface area contributed by atoms with Gasteiger partial charge in [0.2, 0.25) is 5.91 Å². The number of carbonyl (C=O) groups excluding carboxylic acids is 1. The number of aliphatic hydroxyl groups is 1. The van der Waals surface area contributed by atoms with Crippen molar-refractivity contribution in [3.05, 3.63) is 29.3 Å². The molecule has 0 aliphatic heterocycles. The number of hydrogen-bond acceptors (Lipinski definition) is 3. The Bertz CT molecular complexity index is 487. The quantitative estimate of drug-likeness (QED) is 0.870. The molecule has 1 aromatic rings. The van der Waals surface area contributed by atoms with Crippen LogP contribution >= 0.6 is 0 Å². The smallest absolute Gasteiger partial charge is 0.392 e. The molecule has 0 aliphatic rings. The van der Waals surface area contributed by atoms with Crippen LogP contribution in [0, 0.1) is 0 Å². The predicted molar refractivity (Wildman–Crippen MR) is 69.0 cm³/mol. The molecule has 3 N–H and O–H groups in total. The fraction of sp³-hybridized carbons (Fsp3) is 0.462. The molecule has 0 saturated heterocycles. The fourth-order valence-electron chi connectivity index (χ4n) is 1.87. The zero-order valence-electron chi connectivity index (χ0n) is 11.2. The van der Waals surface area contributed by atoms with E-state index in [1.807, 2.05) is 0 Å². The van der Waals surface area contributed by atoms with Crippen molar-refractivity contribution in [1.82, 2.24) is 0 Å². The largest absolute Gasteiger partial charge is 0.418 e. The standard InChI is InChI=1S/C13H17F3N2O2/c1-8(2)18(6-12(17)20)11-4-3-9(7-19)5-10(11)13(14,15)16/h3-5,8,19H,6-7H2,1-2H3,(H2,17,20). The second-order valence-electron chi connectivity index (χ2n) is 4.70. The van der Waals surface area contributed by atoms with E-state index in [1.165, 1.54) is 17.0 Å². The lowest BCUT2D eigenvalue weighted by atomic mass is 10.1. The maximum atomic E-state index is 13.1. The van der Waals surface area contributed by atoms with Crippen molar-refractivity contribution in [3.8, 4) is 0 Å². The Kier molecular flexibility index (Phi) is 4.99. The summed E-state index contributed by atoms with van der Waals surface area (Å²) in [6, 6.07) is 3.19. The maximum Gasteiger partial charge on any atom is 0.418 e. The molecule has 0 bridgehead atoms. The number of alkyl halides is 3. The first-order valence-electron chi connectivity index (χ1n) is 6.02. The molecule has 0 heterocycles. The van der Waals surface area contributed by atoms with Crippen LogP contribution in [0.25, 0.3) is 0 Å². The molecule has 0 saturated carbocycles. The first-order valence-corrected chi connectivity index (χ1v) is 6.02. The number of aliphatic hydroxyl groups excluding tert-OH is 1. The third-order valence-corrected chi connectivity index (χ3v) is 2.81. The van der Waals surface area contributed by atoms with Gasteiger partial charge in [-0.3, -0.25) is 4.79 Å². The molecular formula is C13H17F3N2O2. The monoisotopic (exact) mass is 290 g/mol. The molecule has 0 atom stereocenters. The average molecular weight is 290 g/mol. The number of primary amides is 1. The van der Waals surface area contributed by atoms with Crippen molar-refractivity contribution in [2.24, 2.45) is 5.73 Å². The highest BCUT2D eigenvalue weighted by Gasteiger charge is 2.35. The van der Waals surface area contributed by atoms with Gasteiger partial charge in [0.25, 0.3) is 0 Å². The van der Waals surface area contributed by atoms with Crippen LogP contribution in [0.3, 0.4) is 0 Å². The second-order valence-corrected chi connectivity index (χ2v) is 4.70. The van der Waals surface area contributed by atoms with E-state index in [2.05, 4.69) is 0 Å². The van der Waals surface area contributed by atoms with Crippen LogP contribution in [0.15, 0.2) is 18.2 Å². The molecule has 1 amide bonds. The minimum atomic E-state index is -4.58. The number of rotatable bonds is 5. The third-order valence-electron chi connectivity index (χ3n) is 2.81. The van der Waals surface area contributed by atoms with Gasteiger partial charge < -0.3 is 15.7 Å². The Morgan fingerprint density at radius 1 is 1.40 bits per heavy atom. The van der Waals surface area contributed by atoms with Crippen LogP contribution in [-0.2, 0) is 17.6 Å². The molecule has 20 heavy (non-hydrogen) atoms. The normalized spacial score (nSPS) is 11.8. The number of halogens is 3. The van der Waals surface area contributed by atoms with E-state index >= 15 is 0 Å². The molecule has 4 nitrogen and oxygen atoms in total. The molecule has 7 heteroatoms. The first kappa shape index (κ1) is 16.3. The molecule has 0 fully saturated rings. The summed E-state index contributed by atoms with van der Waals surface area (Å²) in [6.45, 7) is 2.55. The van der Waals surface area contributed by atoms with E-state index in [0.29, 0.717) is 0 Å². The minimum absolute atomic E-state index is 0.122. The van der Waals surface area contributed by atoms with Gasteiger partial charge in [-0.25, -0.2) is 0 Å². The van der Waals surface area contributed by atoms with Gasteiger partial charge in [-0.1, -0.05) is 6.07 Å². The summed E-state index contributed by atoms with van der Waals surface area (Å²) in [5.74, 6) is -0.710. The Morgan fingerprint density at radius 2 is 2.00 bits per heavy atom. The molecule has 112 valence electrons. The van der Waals surface area contributed by atoms with Crippen LogP contribution in [0.4, 0.5) is 18.9 Å². The number of nitrogens with zero attached hydrogens (tertiary/aromatic N) is 1. The van der Waals surface area contributed by atoms with E-state index < -0.39 is 24.3 Å². The summed E-state index contributed by atoms with van der Waals surface area (Å²) in [6.07, 6.45) is -4.58. The van der Waals surface area contributed by atoms with E-state index in [0.717, 1.165) is 6.07 Å². The summed E-state index contributed by atoms with van der Waals surface area (Å²) in [7, 11) is 0. The highest BCUT2D eigenvalue weighted by Crippen LogP contribution is 2.37. The molecule has 1 aromatic carbocycles. The van der Waals surface area contributed by atoms with E-state index in [9.17, 15) is 18.0 Å². The second kappa shape index (κ2) is 6.13. The molecule has 1 rings (SSSR count). The first-order chi connectivity index (χ1) is 9.16. The van der Waals surface area contributed by atoms with Gasteiger partial charge in [0.15, 0.2) is 0 Å². The SMILES string of the molecule is CC(C)N(CC(N)=O)c1ccc(CO)cc1C(F)(F)F. The van der Waals surface area contributed by atoms with E-state index in [1.54, 1.807) is 13.8 Å². The molecule has 0 aliphatic carbocycles. The maximum absolute atomic E-state index is 13.1. The van der Waals surface area contributed by atoms with Gasteiger partial charge in [0.1, 0.15) is 0 Å². The van der Waals surface area contributed by atoms with E-state index in [-0.39, 0.29) is 23.8 Å². The van der Waals surface area contributed by atoms with Crippen molar-refractivity contribution in [1.29, 1.82) is 0 Å². The Hall–Kier alpha value is -1.76. The van der Waals surface area contributed by atoms with Crippen LogP contribution in [0.5, 0.6) is 0 Å². The zero-order valence-corrected chi connectivity index (χ0v) is 11.2. The lowest BCUT2D eigenvalue weighted by Crippen LogP contribution is -2.39. The lowest BCUT2D eigenvalue weighted by Gasteiger charge is -2.30. The Balaban J connectivity index is 3.36. The summed E-state index contributed by atoms with van der Waals surface area (Å²) in [5.41, 5.74) is 4.23. The molecule has 0 unspecified atom stereocenters. The van der Waals surface area contributed by atoms with Crippen molar-refractivity contribution in [3.63, 3.8) is 0 Å². The van der Waals surface area contributed by atoms with Crippen LogP contribution < -0.4 is 10.6 Å². The van der Waals surface area contributed by atoms with Gasteiger partial charge in [-0.15, -0.1) is 0 Å². The number of hydrogen-bond donors (Lipinski definition) is 2. The molecule has 0 aromatic heterocycles. The third kappa shape index (κ3) is 3.86. The number of nitrogens with two attached hydrogens (primary N) is 1. The highest BCUT2D eigenvalue weighted by atomic mass is 19.4. The van der Waals surface area contributed by atoms with Crippen molar-refractivity contribution >= 4 is 11.6 Å². The van der Waals surface area contributed by atoms with Gasteiger partial charge in [-0.2, -0.15) is 13.2 Å². The number of anilines is 1. The van der Waals surface area contributed by atoms with Gasteiger partial charge in [0, 0.05) is 11.7 Å². The molecule has 0 spiro atoms. The van der Waals surface area contributed by atoms with Gasteiger partial charge >= 0.3 is 6.18 Å². The van der Waals surface area contributed by atoms with Crippen molar-refractivity contribution in [2.75, 3.05) is 11.4 Å². The number of amides is 1. The average Bonchev–Trinajstić information content (AvgIpc) is 2.33. The topological polar surface area (TPSA) is 66.6 Å². The van der Waals surface area contributed by atoms with Crippen molar-refractivity contribution < 1.29 is 23.1 Å². The summed E-state index contributed by atoms with van der Waals surface area (Å²) < 4.78 is 39.3. The lowest BCUT2D eigenvalue weighted by molar-refractivity contribution is -0.137. The fourth-order valence-corrected chi connectivity index (χ4v) is 1.87. The number of benzene rings is 1. The van der Waals surface area contributed by atoms with Crippen LogP contribution in [0.2, 0.25) is 0 Å². The summed E-state index contributed by atoms with van der Waals surface area (Å²) in [4.78, 5) is 12.3. The summed E-state index contributed by atoms with van der Waals surface area (Å²) >= 11 is 0. The van der Waals surface area contributed by atoms with Gasteiger partial charge in [-0.05, 0) is 31.5 Å². The zero-order chi connectivity index (χ0) is 15.5. The molecular weight excluding hydrogens is 273 g/mol.